The monoisotopic (exact) mass is 220 g/mol. The van der Waals surface area contributed by atoms with Crippen molar-refractivity contribution in [3.05, 3.63) is 12.2 Å². The summed E-state index contributed by atoms with van der Waals surface area (Å²) in [7, 11) is 0. The number of hydrogen-bond donors (Lipinski definition) is 0. The smallest absolute Gasteiger partial charge is 0.0869 e. The highest BCUT2D eigenvalue weighted by molar-refractivity contribution is 5.25. The predicted octanol–water partition coefficient (Wildman–Crippen LogP) is 3.79. The molecule has 0 unspecified atom stereocenters. The molecule has 0 aromatic carbocycles. The molecule has 3 rings (SSSR count). The van der Waals surface area contributed by atoms with E-state index in [9.17, 15) is 0 Å². The molecular formula is C15H24O. The molecule has 0 spiro atoms. The largest absolute Gasteiger partial charge is 0.373 e. The van der Waals surface area contributed by atoms with Gasteiger partial charge in [0.05, 0.1) is 12.7 Å². The Balaban J connectivity index is 1.94. The fraction of sp³-hybridized carbons (Fsp3) is 0.867. The van der Waals surface area contributed by atoms with Crippen LogP contribution in [0.4, 0.5) is 0 Å². The summed E-state index contributed by atoms with van der Waals surface area (Å²) in [6, 6.07) is 0. The van der Waals surface area contributed by atoms with Crippen molar-refractivity contribution in [2.24, 2.45) is 22.7 Å². The molecule has 5 atom stereocenters. The number of hydrogen-bond acceptors (Lipinski definition) is 1. The molecule has 1 aliphatic heterocycles. The Morgan fingerprint density at radius 1 is 1.25 bits per heavy atom. The van der Waals surface area contributed by atoms with Crippen LogP contribution < -0.4 is 0 Å². The molecule has 1 heteroatoms. The number of fused-ring (bicyclic) bond motifs is 2. The normalized spacial score (nSPS) is 56.2. The minimum absolute atomic E-state index is 0.400. The molecule has 0 aromatic rings. The molecule has 3 aliphatic rings. The van der Waals surface area contributed by atoms with Crippen LogP contribution in [0.2, 0.25) is 0 Å². The summed E-state index contributed by atoms with van der Waals surface area (Å²) in [5.41, 5.74) is 2.35. The van der Waals surface area contributed by atoms with Crippen molar-refractivity contribution in [3.8, 4) is 0 Å². The Hall–Kier alpha value is -0.300. The predicted molar refractivity (Wildman–Crippen MR) is 66.2 cm³/mol. The van der Waals surface area contributed by atoms with Crippen molar-refractivity contribution in [1.82, 2.24) is 0 Å². The standard InChI is InChI=1S/C15H24O/c1-10-5-6-12-11(2)14(10,3)7-8-15(12,4)13-9-16-13/h10,12-13H,2,5-9H2,1,3-4H3/t10-,12-,13+,14+,15+/m1/s1. The summed E-state index contributed by atoms with van der Waals surface area (Å²) in [5, 5.41) is 0. The van der Waals surface area contributed by atoms with Crippen LogP contribution in [0.3, 0.4) is 0 Å². The van der Waals surface area contributed by atoms with Gasteiger partial charge < -0.3 is 4.74 Å². The van der Waals surface area contributed by atoms with Gasteiger partial charge in [-0.3, -0.25) is 0 Å². The first-order valence-electron chi connectivity index (χ1n) is 6.79. The van der Waals surface area contributed by atoms with Crippen LogP contribution in [0.15, 0.2) is 12.2 Å². The van der Waals surface area contributed by atoms with E-state index in [1.165, 1.54) is 31.3 Å². The second-order valence-corrected chi connectivity index (χ2v) is 6.80. The Morgan fingerprint density at radius 2 is 1.94 bits per heavy atom. The highest BCUT2D eigenvalue weighted by Crippen LogP contribution is 2.63. The SMILES string of the molecule is C=C1[C@H]2CC[C@@H](C)[C@]1(C)CC[C@]2(C)[C@@H]1CO1. The highest BCUT2D eigenvalue weighted by atomic mass is 16.6. The zero-order valence-corrected chi connectivity index (χ0v) is 10.9. The molecule has 1 saturated heterocycles. The molecule has 90 valence electrons. The lowest BCUT2D eigenvalue weighted by Gasteiger charge is -2.56. The quantitative estimate of drug-likeness (QED) is 0.484. The number of ether oxygens (including phenoxy) is 1. The van der Waals surface area contributed by atoms with E-state index in [2.05, 4.69) is 27.4 Å². The van der Waals surface area contributed by atoms with Gasteiger partial charge in [-0.1, -0.05) is 32.9 Å². The number of epoxide rings is 1. The molecule has 0 N–H and O–H groups in total. The van der Waals surface area contributed by atoms with Crippen molar-refractivity contribution in [3.63, 3.8) is 0 Å². The van der Waals surface area contributed by atoms with E-state index in [1.807, 2.05) is 0 Å². The molecule has 0 amide bonds. The third-order valence-electron chi connectivity index (χ3n) is 6.18. The van der Waals surface area contributed by atoms with Gasteiger partial charge in [-0.05, 0) is 42.9 Å². The van der Waals surface area contributed by atoms with Gasteiger partial charge >= 0.3 is 0 Å². The minimum Gasteiger partial charge on any atom is -0.373 e. The van der Waals surface area contributed by atoms with Gasteiger partial charge in [0.25, 0.3) is 0 Å². The summed E-state index contributed by atoms with van der Waals surface area (Å²) in [5.74, 6) is 1.54. The first kappa shape index (κ1) is 10.8. The van der Waals surface area contributed by atoms with E-state index in [1.54, 1.807) is 0 Å². The topological polar surface area (TPSA) is 12.5 Å². The lowest BCUT2D eigenvalue weighted by Crippen LogP contribution is -2.49. The Bertz CT molecular complexity index is 330. The zero-order valence-electron chi connectivity index (χ0n) is 10.9. The first-order valence-corrected chi connectivity index (χ1v) is 6.79. The van der Waals surface area contributed by atoms with Gasteiger partial charge in [-0.25, -0.2) is 0 Å². The van der Waals surface area contributed by atoms with Crippen LogP contribution in [0, 0.1) is 22.7 Å². The Morgan fingerprint density at radius 3 is 2.56 bits per heavy atom. The Labute approximate surface area is 99.3 Å². The average Bonchev–Trinajstić information content (AvgIpc) is 3.05. The van der Waals surface area contributed by atoms with Gasteiger partial charge in [0, 0.05) is 5.41 Å². The summed E-state index contributed by atoms with van der Waals surface area (Å²) in [4.78, 5) is 0. The Kier molecular flexibility index (Phi) is 2.12. The van der Waals surface area contributed by atoms with E-state index in [0.717, 1.165) is 18.4 Å². The van der Waals surface area contributed by atoms with Gasteiger partial charge in [-0.15, -0.1) is 0 Å². The van der Waals surface area contributed by atoms with Crippen molar-refractivity contribution in [1.29, 1.82) is 0 Å². The maximum absolute atomic E-state index is 5.61. The van der Waals surface area contributed by atoms with E-state index in [4.69, 9.17) is 4.74 Å². The minimum atomic E-state index is 0.400. The van der Waals surface area contributed by atoms with E-state index in [0.29, 0.717) is 16.9 Å². The van der Waals surface area contributed by atoms with Crippen LogP contribution in [0.5, 0.6) is 0 Å². The lowest BCUT2D eigenvalue weighted by molar-refractivity contribution is 0.00270. The number of rotatable bonds is 1. The highest BCUT2D eigenvalue weighted by Gasteiger charge is 2.57. The van der Waals surface area contributed by atoms with Crippen molar-refractivity contribution in [2.45, 2.75) is 52.6 Å². The maximum atomic E-state index is 5.61. The van der Waals surface area contributed by atoms with Gasteiger partial charge in [0.1, 0.15) is 0 Å². The third-order valence-corrected chi connectivity index (χ3v) is 6.18. The molecule has 2 bridgehead atoms. The maximum Gasteiger partial charge on any atom is 0.0869 e. The molecule has 16 heavy (non-hydrogen) atoms. The molecule has 2 aliphatic carbocycles. The molecule has 1 nitrogen and oxygen atoms in total. The first-order chi connectivity index (χ1) is 7.48. The summed E-state index contributed by atoms with van der Waals surface area (Å²) in [6.07, 6.45) is 5.91. The van der Waals surface area contributed by atoms with Crippen molar-refractivity contribution < 1.29 is 4.74 Å². The zero-order chi connectivity index (χ0) is 11.6. The van der Waals surface area contributed by atoms with E-state index < -0.39 is 0 Å². The van der Waals surface area contributed by atoms with E-state index >= 15 is 0 Å². The molecule has 1 heterocycles. The van der Waals surface area contributed by atoms with E-state index in [-0.39, 0.29) is 0 Å². The molecule has 0 radical (unpaired) electrons. The van der Waals surface area contributed by atoms with Crippen molar-refractivity contribution in [2.75, 3.05) is 6.61 Å². The molecule has 0 aromatic heterocycles. The summed E-state index contributed by atoms with van der Waals surface area (Å²) in [6.45, 7) is 12.8. The van der Waals surface area contributed by atoms with Crippen LogP contribution >= 0.6 is 0 Å². The van der Waals surface area contributed by atoms with Crippen LogP contribution in [-0.2, 0) is 4.74 Å². The van der Waals surface area contributed by atoms with Crippen LogP contribution in [0.1, 0.15) is 46.5 Å². The van der Waals surface area contributed by atoms with Gasteiger partial charge in [0.2, 0.25) is 0 Å². The molecule has 2 saturated carbocycles. The van der Waals surface area contributed by atoms with Crippen LogP contribution in [-0.4, -0.2) is 12.7 Å². The van der Waals surface area contributed by atoms with Crippen molar-refractivity contribution >= 4 is 0 Å². The van der Waals surface area contributed by atoms with Gasteiger partial charge in [-0.2, -0.15) is 0 Å². The average molecular weight is 220 g/mol. The molecule has 3 fully saturated rings. The second-order valence-electron chi connectivity index (χ2n) is 6.80. The fourth-order valence-electron chi connectivity index (χ4n) is 4.28. The third kappa shape index (κ3) is 1.21. The second kappa shape index (κ2) is 3.13. The van der Waals surface area contributed by atoms with Gasteiger partial charge in [0.15, 0.2) is 0 Å². The summed E-state index contributed by atoms with van der Waals surface area (Å²) >= 11 is 0. The number of allylic oxidation sites excluding steroid dienone is 1. The fourth-order valence-corrected chi connectivity index (χ4v) is 4.28. The summed E-state index contributed by atoms with van der Waals surface area (Å²) < 4.78 is 5.61. The van der Waals surface area contributed by atoms with Crippen LogP contribution in [0.25, 0.3) is 0 Å². The molecular weight excluding hydrogens is 196 g/mol. The lowest BCUT2D eigenvalue weighted by atomic mass is 9.48.